The first kappa shape index (κ1) is 12.7. The van der Waals surface area contributed by atoms with Crippen LogP contribution in [0.1, 0.15) is 12.5 Å². The van der Waals surface area contributed by atoms with Gasteiger partial charge in [0.15, 0.2) is 0 Å². The topological polar surface area (TPSA) is 50.7 Å². The van der Waals surface area contributed by atoms with Crippen molar-refractivity contribution in [3.63, 3.8) is 0 Å². The Morgan fingerprint density at radius 1 is 1.56 bits per heavy atom. The van der Waals surface area contributed by atoms with Gasteiger partial charge in [0.2, 0.25) is 5.91 Å². The van der Waals surface area contributed by atoms with E-state index in [0.717, 1.165) is 16.6 Å². The lowest BCUT2D eigenvalue weighted by atomic mass is 10.2. The van der Waals surface area contributed by atoms with Gasteiger partial charge in [-0.1, -0.05) is 28.1 Å². The van der Waals surface area contributed by atoms with E-state index in [2.05, 4.69) is 26.5 Å². The predicted octanol–water partition coefficient (Wildman–Crippen LogP) is 1.93. The normalized spacial score (nSPS) is 10.4. The van der Waals surface area contributed by atoms with Crippen molar-refractivity contribution in [3.05, 3.63) is 29.8 Å². The molecule has 1 amide bonds. The lowest BCUT2D eigenvalue weighted by Gasteiger charge is -2.06. The van der Waals surface area contributed by atoms with Crippen molar-refractivity contribution in [1.29, 1.82) is 0 Å². The number of rotatable bonds is 5. The Balaban J connectivity index is 2.70. The highest BCUT2D eigenvalue weighted by Gasteiger charge is 1.99. The summed E-state index contributed by atoms with van der Waals surface area (Å²) in [4.78, 5) is 10.6. The SMILES string of the molecule is CC(=O)NN=Cc1ccccc1OCCBr. The van der Waals surface area contributed by atoms with Crippen LogP contribution in [0, 0.1) is 0 Å². The van der Waals surface area contributed by atoms with E-state index in [-0.39, 0.29) is 5.91 Å². The van der Waals surface area contributed by atoms with E-state index in [9.17, 15) is 4.79 Å². The van der Waals surface area contributed by atoms with E-state index in [0.29, 0.717) is 6.61 Å². The smallest absolute Gasteiger partial charge is 0.236 e. The fraction of sp³-hybridized carbons (Fsp3) is 0.273. The zero-order chi connectivity index (χ0) is 11.8. The van der Waals surface area contributed by atoms with E-state index in [4.69, 9.17) is 4.74 Å². The molecule has 0 atom stereocenters. The van der Waals surface area contributed by atoms with Crippen LogP contribution in [-0.2, 0) is 4.79 Å². The Labute approximate surface area is 103 Å². The fourth-order valence-corrected chi connectivity index (χ4v) is 1.22. The third-order valence-electron chi connectivity index (χ3n) is 1.68. The maximum Gasteiger partial charge on any atom is 0.236 e. The molecular weight excluding hydrogens is 272 g/mol. The van der Waals surface area contributed by atoms with Gasteiger partial charge in [0.1, 0.15) is 5.75 Å². The van der Waals surface area contributed by atoms with E-state index in [1.54, 1.807) is 6.21 Å². The number of ether oxygens (including phenoxy) is 1. The van der Waals surface area contributed by atoms with Crippen molar-refractivity contribution >= 4 is 28.1 Å². The number of carbonyl (C=O) groups is 1. The maximum absolute atomic E-state index is 10.6. The number of carbonyl (C=O) groups excluding carboxylic acids is 1. The molecule has 86 valence electrons. The molecule has 0 spiro atoms. The Bertz CT molecular complexity index is 380. The third kappa shape index (κ3) is 4.44. The highest BCUT2D eigenvalue weighted by Crippen LogP contribution is 2.15. The second-order valence-electron chi connectivity index (χ2n) is 3.00. The Morgan fingerprint density at radius 2 is 2.31 bits per heavy atom. The number of hydrazone groups is 1. The molecule has 0 aliphatic rings. The van der Waals surface area contributed by atoms with Gasteiger partial charge >= 0.3 is 0 Å². The highest BCUT2D eigenvalue weighted by atomic mass is 79.9. The Hall–Kier alpha value is -1.36. The van der Waals surface area contributed by atoms with Crippen LogP contribution >= 0.6 is 15.9 Å². The fourth-order valence-electron chi connectivity index (χ4n) is 1.06. The van der Waals surface area contributed by atoms with Crippen molar-refractivity contribution < 1.29 is 9.53 Å². The second kappa shape index (κ2) is 7.00. The average molecular weight is 285 g/mol. The van der Waals surface area contributed by atoms with E-state index >= 15 is 0 Å². The van der Waals surface area contributed by atoms with Gasteiger partial charge in [-0.2, -0.15) is 5.10 Å². The number of benzene rings is 1. The standard InChI is InChI=1S/C11H13BrN2O2/c1-9(15)14-13-8-10-4-2-3-5-11(10)16-7-6-12/h2-5,8H,6-7H2,1H3,(H,14,15). The predicted molar refractivity (Wildman–Crippen MR) is 67.1 cm³/mol. The molecule has 1 N–H and O–H groups in total. The molecule has 16 heavy (non-hydrogen) atoms. The molecule has 4 nitrogen and oxygen atoms in total. The van der Waals surface area contributed by atoms with E-state index in [1.165, 1.54) is 6.92 Å². The van der Waals surface area contributed by atoms with Crippen molar-refractivity contribution in [2.75, 3.05) is 11.9 Å². The van der Waals surface area contributed by atoms with Gasteiger partial charge in [-0.25, -0.2) is 5.43 Å². The van der Waals surface area contributed by atoms with Crippen LogP contribution in [0.4, 0.5) is 0 Å². The minimum absolute atomic E-state index is 0.199. The Morgan fingerprint density at radius 3 is 3.00 bits per heavy atom. The molecule has 0 fully saturated rings. The molecule has 1 rings (SSSR count). The number of alkyl halides is 1. The van der Waals surface area contributed by atoms with Gasteiger partial charge in [-0.05, 0) is 12.1 Å². The van der Waals surface area contributed by atoms with Crippen molar-refractivity contribution in [2.24, 2.45) is 5.10 Å². The van der Waals surface area contributed by atoms with Crippen molar-refractivity contribution in [3.8, 4) is 5.75 Å². The van der Waals surface area contributed by atoms with Crippen LogP contribution < -0.4 is 10.2 Å². The second-order valence-corrected chi connectivity index (χ2v) is 3.79. The molecule has 0 bridgehead atoms. The third-order valence-corrected chi connectivity index (χ3v) is 2.00. The summed E-state index contributed by atoms with van der Waals surface area (Å²) in [5.41, 5.74) is 3.17. The summed E-state index contributed by atoms with van der Waals surface area (Å²) < 4.78 is 5.49. The largest absolute Gasteiger partial charge is 0.492 e. The average Bonchev–Trinajstić information content (AvgIpc) is 2.27. The summed E-state index contributed by atoms with van der Waals surface area (Å²) in [5.74, 6) is 0.547. The summed E-state index contributed by atoms with van der Waals surface area (Å²) in [6, 6.07) is 7.50. The number of hydrogen-bond acceptors (Lipinski definition) is 3. The van der Waals surface area contributed by atoms with Gasteiger partial charge in [0, 0.05) is 17.8 Å². The molecule has 0 heterocycles. The lowest BCUT2D eigenvalue weighted by Crippen LogP contribution is -2.12. The molecule has 0 aromatic heterocycles. The summed E-state index contributed by atoms with van der Waals surface area (Å²) in [5, 5.41) is 4.56. The molecule has 1 aromatic carbocycles. The molecular formula is C11H13BrN2O2. The Kier molecular flexibility index (Phi) is 5.56. The minimum Gasteiger partial charge on any atom is -0.492 e. The minimum atomic E-state index is -0.199. The zero-order valence-corrected chi connectivity index (χ0v) is 10.5. The molecule has 1 aromatic rings. The molecule has 0 unspecified atom stereocenters. The molecule has 0 aliphatic heterocycles. The maximum atomic E-state index is 10.6. The van der Waals surface area contributed by atoms with Crippen molar-refractivity contribution in [2.45, 2.75) is 6.92 Å². The number of hydrogen-bond donors (Lipinski definition) is 1. The molecule has 0 saturated heterocycles. The lowest BCUT2D eigenvalue weighted by molar-refractivity contribution is -0.118. The summed E-state index contributed by atoms with van der Waals surface area (Å²) in [6.45, 7) is 2.00. The van der Waals surface area contributed by atoms with Gasteiger partial charge in [-0.3, -0.25) is 4.79 Å². The number of para-hydroxylation sites is 1. The molecule has 0 radical (unpaired) electrons. The monoisotopic (exact) mass is 284 g/mol. The zero-order valence-electron chi connectivity index (χ0n) is 8.94. The molecule has 5 heteroatoms. The van der Waals surface area contributed by atoms with Gasteiger partial charge < -0.3 is 4.74 Å². The van der Waals surface area contributed by atoms with E-state index in [1.807, 2.05) is 24.3 Å². The summed E-state index contributed by atoms with van der Waals surface area (Å²) in [6.07, 6.45) is 1.56. The van der Waals surface area contributed by atoms with Crippen LogP contribution in [-0.4, -0.2) is 24.1 Å². The first-order valence-corrected chi connectivity index (χ1v) is 5.93. The van der Waals surface area contributed by atoms with Crippen LogP contribution in [0.5, 0.6) is 5.75 Å². The van der Waals surface area contributed by atoms with Crippen molar-refractivity contribution in [1.82, 2.24) is 5.43 Å². The first-order chi connectivity index (χ1) is 7.74. The van der Waals surface area contributed by atoms with Crippen LogP contribution in [0.2, 0.25) is 0 Å². The number of halogens is 1. The van der Waals surface area contributed by atoms with Gasteiger partial charge in [0.25, 0.3) is 0 Å². The number of nitrogens with zero attached hydrogens (tertiary/aromatic N) is 1. The molecule has 0 aliphatic carbocycles. The highest BCUT2D eigenvalue weighted by molar-refractivity contribution is 9.09. The van der Waals surface area contributed by atoms with Crippen LogP contribution in [0.3, 0.4) is 0 Å². The van der Waals surface area contributed by atoms with Crippen LogP contribution in [0.15, 0.2) is 29.4 Å². The van der Waals surface area contributed by atoms with Gasteiger partial charge in [-0.15, -0.1) is 0 Å². The number of nitrogens with one attached hydrogen (secondary N) is 1. The number of amides is 1. The van der Waals surface area contributed by atoms with E-state index < -0.39 is 0 Å². The summed E-state index contributed by atoms with van der Waals surface area (Å²) >= 11 is 3.29. The quantitative estimate of drug-likeness (QED) is 0.510. The molecule has 0 saturated carbocycles. The van der Waals surface area contributed by atoms with Crippen LogP contribution in [0.25, 0.3) is 0 Å². The summed E-state index contributed by atoms with van der Waals surface area (Å²) in [7, 11) is 0. The van der Waals surface area contributed by atoms with Gasteiger partial charge in [0.05, 0.1) is 12.8 Å². The first-order valence-electron chi connectivity index (χ1n) is 4.81.